The SMILES string of the molecule is CC(C)(C)c1ccc(-c2cn[nH]c2CC(=O)O)cc1. The standard InChI is InChI=1S/C15H18N2O2/c1-15(2,3)11-6-4-10(5-7-11)12-9-16-17-13(12)8-14(18)19/h4-7,9H,8H2,1-3H3,(H,16,17)(H,18,19). The Morgan fingerprint density at radius 2 is 1.89 bits per heavy atom. The van der Waals surface area contributed by atoms with Gasteiger partial charge in [-0.25, -0.2) is 0 Å². The van der Waals surface area contributed by atoms with Crippen LogP contribution in [0.3, 0.4) is 0 Å². The lowest BCUT2D eigenvalue weighted by Gasteiger charge is -2.19. The molecule has 1 aromatic heterocycles. The summed E-state index contributed by atoms with van der Waals surface area (Å²) < 4.78 is 0. The summed E-state index contributed by atoms with van der Waals surface area (Å²) in [4.78, 5) is 10.8. The maximum atomic E-state index is 10.8. The first kappa shape index (κ1) is 13.3. The molecule has 0 amide bonds. The van der Waals surface area contributed by atoms with E-state index in [1.165, 1.54) is 5.56 Å². The van der Waals surface area contributed by atoms with Gasteiger partial charge in [-0.3, -0.25) is 9.89 Å². The zero-order valence-electron chi connectivity index (χ0n) is 11.4. The molecule has 4 heteroatoms. The van der Waals surface area contributed by atoms with Crippen molar-refractivity contribution in [1.29, 1.82) is 0 Å². The summed E-state index contributed by atoms with van der Waals surface area (Å²) in [5.74, 6) is -0.864. The van der Waals surface area contributed by atoms with Crippen molar-refractivity contribution in [3.05, 3.63) is 41.7 Å². The molecule has 4 nitrogen and oxygen atoms in total. The number of nitrogens with one attached hydrogen (secondary N) is 1. The van der Waals surface area contributed by atoms with E-state index in [1.54, 1.807) is 6.20 Å². The zero-order chi connectivity index (χ0) is 14.0. The molecule has 0 atom stereocenters. The predicted molar refractivity (Wildman–Crippen MR) is 74.1 cm³/mol. The Bertz CT molecular complexity index is 577. The lowest BCUT2D eigenvalue weighted by atomic mass is 9.86. The van der Waals surface area contributed by atoms with Gasteiger partial charge in [0.2, 0.25) is 0 Å². The molecule has 0 fully saturated rings. The quantitative estimate of drug-likeness (QED) is 0.889. The van der Waals surface area contributed by atoms with Crippen molar-refractivity contribution >= 4 is 5.97 Å². The van der Waals surface area contributed by atoms with Crippen LogP contribution < -0.4 is 0 Å². The molecule has 0 aliphatic carbocycles. The fourth-order valence-electron chi connectivity index (χ4n) is 2.00. The van der Waals surface area contributed by atoms with Gasteiger partial charge in [0.25, 0.3) is 0 Å². The van der Waals surface area contributed by atoms with E-state index in [0.717, 1.165) is 11.1 Å². The number of H-pyrrole nitrogens is 1. The molecule has 0 bridgehead atoms. The molecular weight excluding hydrogens is 240 g/mol. The van der Waals surface area contributed by atoms with Crippen LogP contribution in [0, 0.1) is 0 Å². The Hall–Kier alpha value is -2.10. The molecule has 2 rings (SSSR count). The molecule has 1 heterocycles. The second-order valence-corrected chi connectivity index (χ2v) is 5.66. The normalized spacial score (nSPS) is 11.5. The van der Waals surface area contributed by atoms with E-state index in [9.17, 15) is 4.79 Å². The number of carboxylic acids is 1. The minimum absolute atomic E-state index is 0.0453. The van der Waals surface area contributed by atoms with Crippen LogP contribution >= 0.6 is 0 Å². The Kier molecular flexibility index (Phi) is 3.42. The molecule has 0 spiro atoms. The molecule has 19 heavy (non-hydrogen) atoms. The van der Waals surface area contributed by atoms with Crippen molar-refractivity contribution in [2.75, 3.05) is 0 Å². The van der Waals surface area contributed by atoms with Crippen LogP contribution in [0.5, 0.6) is 0 Å². The minimum atomic E-state index is -0.864. The van der Waals surface area contributed by atoms with Crippen LogP contribution in [0.4, 0.5) is 0 Å². The highest BCUT2D eigenvalue weighted by Crippen LogP contribution is 2.27. The summed E-state index contributed by atoms with van der Waals surface area (Å²) in [6.07, 6.45) is 1.63. The van der Waals surface area contributed by atoms with Crippen molar-refractivity contribution in [3.8, 4) is 11.1 Å². The average molecular weight is 258 g/mol. The Morgan fingerprint density at radius 3 is 2.42 bits per heavy atom. The van der Waals surface area contributed by atoms with Crippen LogP contribution in [-0.2, 0) is 16.6 Å². The number of hydrogen-bond acceptors (Lipinski definition) is 2. The van der Waals surface area contributed by atoms with E-state index in [-0.39, 0.29) is 11.8 Å². The van der Waals surface area contributed by atoms with Gasteiger partial charge in [0.05, 0.1) is 18.3 Å². The highest BCUT2D eigenvalue weighted by atomic mass is 16.4. The van der Waals surface area contributed by atoms with E-state index in [1.807, 2.05) is 12.1 Å². The van der Waals surface area contributed by atoms with Crippen LogP contribution in [0.15, 0.2) is 30.5 Å². The number of carboxylic acid groups (broad SMARTS) is 1. The molecular formula is C15H18N2O2. The second-order valence-electron chi connectivity index (χ2n) is 5.66. The maximum absolute atomic E-state index is 10.8. The van der Waals surface area contributed by atoms with Crippen molar-refractivity contribution in [2.45, 2.75) is 32.6 Å². The molecule has 2 aromatic rings. The van der Waals surface area contributed by atoms with Crippen LogP contribution in [-0.4, -0.2) is 21.3 Å². The summed E-state index contributed by atoms with van der Waals surface area (Å²) in [5, 5.41) is 15.5. The molecule has 0 radical (unpaired) electrons. The van der Waals surface area contributed by atoms with Gasteiger partial charge in [-0.15, -0.1) is 0 Å². The number of hydrogen-bond donors (Lipinski definition) is 2. The number of aromatic amines is 1. The lowest BCUT2D eigenvalue weighted by Crippen LogP contribution is -2.10. The van der Waals surface area contributed by atoms with Gasteiger partial charge >= 0.3 is 5.97 Å². The Morgan fingerprint density at radius 1 is 1.26 bits per heavy atom. The molecule has 0 aliphatic heterocycles. The highest BCUT2D eigenvalue weighted by molar-refractivity contribution is 5.75. The number of benzene rings is 1. The second kappa shape index (κ2) is 4.88. The van der Waals surface area contributed by atoms with Gasteiger partial charge in [0.1, 0.15) is 0 Å². The summed E-state index contributed by atoms with van der Waals surface area (Å²) in [7, 11) is 0. The van der Waals surface area contributed by atoms with Gasteiger partial charge in [-0.05, 0) is 16.5 Å². The summed E-state index contributed by atoms with van der Waals surface area (Å²) >= 11 is 0. The first-order valence-electron chi connectivity index (χ1n) is 6.23. The Balaban J connectivity index is 2.33. The largest absolute Gasteiger partial charge is 0.481 e. The molecule has 1 aromatic carbocycles. The smallest absolute Gasteiger partial charge is 0.309 e. The minimum Gasteiger partial charge on any atom is -0.481 e. The van der Waals surface area contributed by atoms with E-state index >= 15 is 0 Å². The fraction of sp³-hybridized carbons (Fsp3) is 0.333. The number of rotatable bonds is 3. The van der Waals surface area contributed by atoms with Crippen LogP contribution in [0.1, 0.15) is 32.0 Å². The highest BCUT2D eigenvalue weighted by Gasteiger charge is 2.15. The zero-order valence-corrected chi connectivity index (χ0v) is 11.4. The van der Waals surface area contributed by atoms with Crippen molar-refractivity contribution in [1.82, 2.24) is 10.2 Å². The third-order valence-corrected chi connectivity index (χ3v) is 3.11. The van der Waals surface area contributed by atoms with E-state index in [4.69, 9.17) is 5.11 Å². The number of aromatic nitrogens is 2. The number of nitrogens with zero attached hydrogens (tertiary/aromatic N) is 1. The van der Waals surface area contributed by atoms with E-state index < -0.39 is 5.97 Å². The summed E-state index contributed by atoms with van der Waals surface area (Å²) in [6, 6.07) is 8.17. The van der Waals surface area contributed by atoms with E-state index in [2.05, 4.69) is 43.1 Å². The molecule has 0 saturated heterocycles. The van der Waals surface area contributed by atoms with Crippen molar-refractivity contribution < 1.29 is 9.90 Å². The fourth-order valence-corrected chi connectivity index (χ4v) is 2.00. The van der Waals surface area contributed by atoms with Crippen molar-refractivity contribution in [3.63, 3.8) is 0 Å². The van der Waals surface area contributed by atoms with Gasteiger partial charge in [-0.1, -0.05) is 45.0 Å². The van der Waals surface area contributed by atoms with Gasteiger partial charge < -0.3 is 5.11 Å². The summed E-state index contributed by atoms with van der Waals surface area (Å²) in [6.45, 7) is 6.49. The first-order chi connectivity index (χ1) is 8.88. The number of carbonyl (C=O) groups is 1. The van der Waals surface area contributed by atoms with Crippen LogP contribution in [0.25, 0.3) is 11.1 Å². The van der Waals surface area contributed by atoms with Crippen molar-refractivity contribution in [2.24, 2.45) is 0 Å². The molecule has 0 saturated carbocycles. The third kappa shape index (κ3) is 3.02. The summed E-state index contributed by atoms with van der Waals surface area (Å²) in [5.41, 5.74) is 3.83. The Labute approximate surface area is 112 Å². The lowest BCUT2D eigenvalue weighted by molar-refractivity contribution is -0.136. The predicted octanol–water partition coefficient (Wildman–Crippen LogP) is 3.00. The third-order valence-electron chi connectivity index (χ3n) is 3.11. The monoisotopic (exact) mass is 258 g/mol. The maximum Gasteiger partial charge on any atom is 0.309 e. The van der Waals surface area contributed by atoms with Gasteiger partial charge in [-0.2, -0.15) is 5.10 Å². The average Bonchev–Trinajstić information content (AvgIpc) is 2.75. The molecule has 0 aliphatic rings. The van der Waals surface area contributed by atoms with E-state index in [0.29, 0.717) is 5.69 Å². The molecule has 100 valence electrons. The topological polar surface area (TPSA) is 66.0 Å². The number of aliphatic carboxylic acids is 1. The van der Waals surface area contributed by atoms with Crippen LogP contribution in [0.2, 0.25) is 0 Å². The molecule has 2 N–H and O–H groups in total. The first-order valence-corrected chi connectivity index (χ1v) is 6.23. The van der Waals surface area contributed by atoms with Gasteiger partial charge in [0.15, 0.2) is 0 Å². The molecule has 0 unspecified atom stereocenters. The van der Waals surface area contributed by atoms with Gasteiger partial charge in [0, 0.05) is 5.56 Å².